The Hall–Kier alpha value is -3.39. The minimum atomic E-state index is -1.64. The fourth-order valence-electron chi connectivity index (χ4n) is 4.40. The van der Waals surface area contributed by atoms with Gasteiger partial charge in [-0.05, 0) is 29.8 Å². The number of fused-ring (bicyclic) bond motifs is 1. The summed E-state index contributed by atoms with van der Waals surface area (Å²) in [6.07, 6.45) is 0. The lowest BCUT2D eigenvalue weighted by Gasteiger charge is -2.29. The average molecular weight is 374 g/mol. The minimum absolute atomic E-state index is 0.0413. The number of amidine groups is 1. The van der Waals surface area contributed by atoms with E-state index in [1.165, 1.54) is 14.2 Å². The van der Waals surface area contributed by atoms with Crippen LogP contribution in [0.4, 0.5) is 0 Å². The molecule has 0 saturated heterocycles. The lowest BCUT2D eigenvalue weighted by molar-refractivity contribution is -0.230. The minimum Gasteiger partial charge on any atom is -0.457 e. The molecule has 0 bridgehead atoms. The summed E-state index contributed by atoms with van der Waals surface area (Å²) in [6.45, 7) is 0. The molecule has 4 rings (SSSR count). The van der Waals surface area contributed by atoms with Gasteiger partial charge in [-0.25, -0.2) is 4.99 Å². The molecule has 2 aromatic carbocycles. The van der Waals surface area contributed by atoms with Gasteiger partial charge in [0, 0.05) is 20.1 Å². The van der Waals surface area contributed by atoms with E-state index >= 15 is 0 Å². The summed E-state index contributed by atoms with van der Waals surface area (Å²) in [6, 6.07) is 21.1. The van der Waals surface area contributed by atoms with Crippen molar-refractivity contribution >= 4 is 5.84 Å². The van der Waals surface area contributed by atoms with Crippen LogP contribution in [0.25, 0.3) is 0 Å². The van der Waals surface area contributed by atoms with Crippen LogP contribution < -0.4 is 10.5 Å². The second-order valence-corrected chi connectivity index (χ2v) is 6.75. The number of nitrogens with two attached hydrogens (primary N) is 1. The number of hydrogen-bond donors (Lipinski definition) is 1. The van der Waals surface area contributed by atoms with Gasteiger partial charge in [0.05, 0.1) is 12.1 Å². The third kappa shape index (κ3) is 1.95. The molecule has 0 spiro atoms. The van der Waals surface area contributed by atoms with Crippen molar-refractivity contribution in [3.63, 3.8) is 0 Å². The number of ether oxygens (including phenoxy) is 3. The van der Waals surface area contributed by atoms with Crippen LogP contribution in [-0.4, -0.2) is 26.0 Å². The monoisotopic (exact) mass is 374 g/mol. The maximum absolute atomic E-state index is 10.1. The van der Waals surface area contributed by atoms with Crippen molar-refractivity contribution in [2.75, 3.05) is 14.2 Å². The number of benzene rings is 2. The largest absolute Gasteiger partial charge is 0.457 e. The van der Waals surface area contributed by atoms with E-state index in [1.807, 2.05) is 48.5 Å². The molecular formula is C21H18N4O3. The van der Waals surface area contributed by atoms with Crippen LogP contribution in [0.2, 0.25) is 0 Å². The lowest BCUT2D eigenvalue weighted by Crippen LogP contribution is -2.41. The standard InChI is InChI=1S/C21H18N4O3/c1-26-21(27-2)20(13-23)17(19(20,12-22)18(24)25-21)14-7-6-10-16(11-14)28-15-8-4-3-5-9-15/h3-11,17H,1-2H3,(H2,24,25)/t17-,19+,20+/m0/s1. The van der Waals surface area contributed by atoms with Gasteiger partial charge < -0.3 is 19.9 Å². The quantitative estimate of drug-likeness (QED) is 0.805. The third-order valence-electron chi connectivity index (χ3n) is 5.65. The molecule has 2 aromatic rings. The van der Waals surface area contributed by atoms with Gasteiger partial charge in [0.15, 0.2) is 5.41 Å². The van der Waals surface area contributed by atoms with Gasteiger partial charge in [0.25, 0.3) is 5.91 Å². The normalized spacial score (nSPS) is 29.1. The number of hydrogen-bond acceptors (Lipinski definition) is 7. The van der Waals surface area contributed by atoms with Gasteiger partial charge in [-0.15, -0.1) is 0 Å². The highest BCUT2D eigenvalue weighted by Crippen LogP contribution is 2.81. The average Bonchev–Trinajstić information content (AvgIpc) is 3.31. The predicted octanol–water partition coefficient (Wildman–Crippen LogP) is 2.91. The highest BCUT2D eigenvalue weighted by atomic mass is 16.7. The molecule has 7 nitrogen and oxygen atoms in total. The third-order valence-corrected chi connectivity index (χ3v) is 5.65. The van der Waals surface area contributed by atoms with Crippen LogP contribution in [0.1, 0.15) is 11.5 Å². The molecule has 7 heteroatoms. The van der Waals surface area contributed by atoms with Crippen LogP contribution in [0, 0.1) is 33.5 Å². The van der Waals surface area contributed by atoms with Crippen molar-refractivity contribution in [1.82, 2.24) is 0 Å². The van der Waals surface area contributed by atoms with Gasteiger partial charge in [-0.2, -0.15) is 10.5 Å². The van der Waals surface area contributed by atoms with Crippen LogP contribution in [0.3, 0.4) is 0 Å². The molecule has 1 saturated carbocycles. The first-order chi connectivity index (χ1) is 13.5. The fraction of sp³-hybridized carbons (Fsp3) is 0.286. The van der Waals surface area contributed by atoms with Crippen molar-refractivity contribution in [3.8, 4) is 23.6 Å². The molecule has 1 heterocycles. The second-order valence-electron chi connectivity index (χ2n) is 6.75. The maximum atomic E-state index is 10.1. The van der Waals surface area contributed by atoms with Crippen LogP contribution in [0.15, 0.2) is 59.6 Å². The van der Waals surface area contributed by atoms with Crippen molar-refractivity contribution in [3.05, 3.63) is 60.2 Å². The molecule has 2 N–H and O–H groups in total. The molecule has 3 atom stereocenters. The first-order valence-corrected chi connectivity index (χ1v) is 8.66. The molecule has 140 valence electrons. The van der Waals surface area contributed by atoms with E-state index in [0.717, 1.165) is 5.56 Å². The van der Waals surface area contributed by atoms with Crippen molar-refractivity contribution < 1.29 is 14.2 Å². The summed E-state index contributed by atoms with van der Waals surface area (Å²) in [5, 5.41) is 20.1. The summed E-state index contributed by atoms with van der Waals surface area (Å²) >= 11 is 0. The van der Waals surface area contributed by atoms with Gasteiger partial charge in [-0.3, -0.25) is 0 Å². The summed E-state index contributed by atoms with van der Waals surface area (Å²) in [5.41, 5.74) is 4.16. The van der Waals surface area contributed by atoms with E-state index < -0.39 is 22.7 Å². The summed E-state index contributed by atoms with van der Waals surface area (Å²) in [4.78, 5) is 4.21. The Balaban J connectivity index is 1.79. The number of rotatable bonds is 5. The van der Waals surface area contributed by atoms with Crippen LogP contribution in [-0.2, 0) is 9.47 Å². The summed E-state index contributed by atoms with van der Waals surface area (Å²) < 4.78 is 16.8. The Bertz CT molecular complexity index is 1040. The number of nitriles is 2. The zero-order valence-corrected chi connectivity index (χ0v) is 15.4. The van der Waals surface area contributed by atoms with E-state index in [0.29, 0.717) is 11.5 Å². The molecule has 1 fully saturated rings. The fourth-order valence-corrected chi connectivity index (χ4v) is 4.40. The maximum Gasteiger partial charge on any atom is 0.292 e. The Labute approximate surface area is 162 Å². The topological polar surface area (TPSA) is 114 Å². The number of nitrogens with zero attached hydrogens (tertiary/aromatic N) is 3. The second kappa shape index (κ2) is 6.07. The van der Waals surface area contributed by atoms with Gasteiger partial charge in [0.2, 0.25) is 0 Å². The molecule has 1 aliphatic carbocycles. The van der Waals surface area contributed by atoms with E-state index in [1.54, 1.807) is 6.07 Å². The molecule has 0 unspecified atom stereocenters. The van der Waals surface area contributed by atoms with Crippen LogP contribution in [0.5, 0.6) is 11.5 Å². The van der Waals surface area contributed by atoms with Gasteiger partial charge in [0.1, 0.15) is 22.7 Å². The van der Waals surface area contributed by atoms with Gasteiger partial charge >= 0.3 is 0 Å². The molecule has 0 amide bonds. The van der Waals surface area contributed by atoms with E-state index in [4.69, 9.17) is 19.9 Å². The SMILES string of the molecule is COC1(OC)N=C(N)[C@@]2(C#N)[C@H](c3cccc(Oc4ccccc4)c3)[C@@]12C#N. The van der Waals surface area contributed by atoms with Crippen LogP contribution >= 0.6 is 0 Å². The van der Waals surface area contributed by atoms with E-state index in [-0.39, 0.29) is 5.84 Å². The highest BCUT2D eigenvalue weighted by molar-refractivity contribution is 6.00. The predicted molar refractivity (Wildman–Crippen MR) is 100 cm³/mol. The number of para-hydroxylation sites is 1. The summed E-state index contributed by atoms with van der Waals surface area (Å²) in [5.74, 6) is -0.885. The van der Waals surface area contributed by atoms with Crippen molar-refractivity contribution in [2.45, 2.75) is 11.8 Å². The number of aliphatic imine (C=N–C) groups is 1. The number of methoxy groups -OCH3 is 2. The lowest BCUT2D eigenvalue weighted by atomic mass is 9.93. The van der Waals surface area contributed by atoms with Crippen molar-refractivity contribution in [1.29, 1.82) is 10.5 Å². The first kappa shape index (κ1) is 18.0. The Morgan fingerprint density at radius 2 is 1.64 bits per heavy atom. The van der Waals surface area contributed by atoms with E-state index in [2.05, 4.69) is 17.1 Å². The zero-order chi connectivity index (χ0) is 20.0. The highest BCUT2D eigenvalue weighted by Gasteiger charge is 2.93. The smallest absolute Gasteiger partial charge is 0.292 e. The molecule has 1 aliphatic heterocycles. The Kier molecular flexibility index (Phi) is 3.90. The molecule has 2 aliphatic rings. The van der Waals surface area contributed by atoms with E-state index in [9.17, 15) is 10.5 Å². The zero-order valence-electron chi connectivity index (χ0n) is 15.4. The summed E-state index contributed by atoms with van der Waals surface area (Å²) in [7, 11) is 2.77. The van der Waals surface area contributed by atoms with Gasteiger partial charge in [-0.1, -0.05) is 30.3 Å². The first-order valence-electron chi connectivity index (χ1n) is 8.66. The molecule has 0 radical (unpaired) electrons. The Morgan fingerprint density at radius 3 is 2.25 bits per heavy atom. The molecular weight excluding hydrogens is 356 g/mol. The Morgan fingerprint density at radius 1 is 0.964 bits per heavy atom. The molecule has 28 heavy (non-hydrogen) atoms. The molecule has 0 aromatic heterocycles. The van der Waals surface area contributed by atoms with Crippen molar-refractivity contribution in [2.24, 2.45) is 21.6 Å².